The van der Waals surface area contributed by atoms with Gasteiger partial charge >= 0.3 is 0 Å². The van der Waals surface area contributed by atoms with E-state index < -0.39 is 0 Å². The molecular weight excluding hydrogens is 311 g/mol. The van der Waals surface area contributed by atoms with Crippen molar-refractivity contribution < 1.29 is 4.63 Å². The van der Waals surface area contributed by atoms with Crippen molar-refractivity contribution in [1.82, 2.24) is 20.5 Å². The molecule has 5 nitrogen and oxygen atoms in total. The molecule has 0 spiro atoms. The first-order valence-electron chi connectivity index (χ1n) is 7.07. The maximum Gasteiger partial charge on any atom is 0.139 e. The first kappa shape index (κ1) is 16.5. The maximum atomic E-state index is 4.84. The molecule has 0 radical (unpaired) electrons. The Morgan fingerprint density at radius 3 is 2.90 bits per heavy atom. The molecule has 116 valence electrons. The van der Waals surface area contributed by atoms with E-state index in [4.69, 9.17) is 4.63 Å². The van der Waals surface area contributed by atoms with Gasteiger partial charge in [0.05, 0.1) is 0 Å². The van der Waals surface area contributed by atoms with Gasteiger partial charge in [0, 0.05) is 31.7 Å². The van der Waals surface area contributed by atoms with Crippen LogP contribution >= 0.6 is 24.8 Å². The van der Waals surface area contributed by atoms with Gasteiger partial charge in [0.25, 0.3) is 0 Å². The zero-order chi connectivity index (χ0) is 12.7. The highest BCUT2D eigenvalue weighted by Crippen LogP contribution is 2.23. The van der Waals surface area contributed by atoms with Crippen molar-refractivity contribution in [2.45, 2.75) is 37.9 Å². The summed E-state index contributed by atoms with van der Waals surface area (Å²) in [5, 5.41) is 11.7. The molecule has 1 aromatic carbocycles. The van der Waals surface area contributed by atoms with Gasteiger partial charge in [-0.3, -0.25) is 4.90 Å². The SMILES string of the molecule is Cl.Cl.c1cc(CN2CC[C@H]3CC[C@@H](C2)N3)c2nonc2c1. The van der Waals surface area contributed by atoms with Crippen molar-refractivity contribution in [3.8, 4) is 0 Å². The minimum atomic E-state index is 0. The second kappa shape index (κ2) is 6.92. The fourth-order valence-electron chi connectivity index (χ4n) is 3.39. The number of hydrogen-bond donors (Lipinski definition) is 1. The van der Waals surface area contributed by atoms with E-state index in [2.05, 4.69) is 26.6 Å². The van der Waals surface area contributed by atoms with Crippen LogP contribution in [0.5, 0.6) is 0 Å². The minimum Gasteiger partial charge on any atom is -0.310 e. The highest BCUT2D eigenvalue weighted by Gasteiger charge is 2.29. The third-order valence-electron chi connectivity index (χ3n) is 4.37. The molecule has 0 unspecified atom stereocenters. The van der Waals surface area contributed by atoms with Crippen LogP contribution in [0.25, 0.3) is 11.0 Å². The molecule has 7 heteroatoms. The Labute approximate surface area is 136 Å². The molecule has 2 saturated heterocycles. The molecule has 2 fully saturated rings. The number of nitrogens with zero attached hydrogens (tertiary/aromatic N) is 3. The molecule has 1 aromatic heterocycles. The number of halogens is 2. The monoisotopic (exact) mass is 330 g/mol. The molecule has 0 amide bonds. The average molecular weight is 331 g/mol. The van der Waals surface area contributed by atoms with Crippen molar-refractivity contribution in [3.05, 3.63) is 23.8 Å². The Hall–Kier alpha value is -0.880. The molecule has 2 aliphatic rings. The van der Waals surface area contributed by atoms with E-state index in [1.54, 1.807) is 0 Å². The summed E-state index contributed by atoms with van der Waals surface area (Å²) in [6, 6.07) is 7.51. The topological polar surface area (TPSA) is 54.2 Å². The Morgan fingerprint density at radius 1 is 1.14 bits per heavy atom. The summed E-state index contributed by atoms with van der Waals surface area (Å²) in [5.74, 6) is 0. The number of benzene rings is 1. The number of likely N-dealkylation sites (tertiary alicyclic amines) is 1. The van der Waals surface area contributed by atoms with Crippen LogP contribution in [0.3, 0.4) is 0 Å². The lowest BCUT2D eigenvalue weighted by molar-refractivity contribution is 0.251. The lowest BCUT2D eigenvalue weighted by Crippen LogP contribution is -2.35. The summed E-state index contributed by atoms with van der Waals surface area (Å²) in [4.78, 5) is 2.53. The maximum absolute atomic E-state index is 4.84. The summed E-state index contributed by atoms with van der Waals surface area (Å²) >= 11 is 0. The molecule has 2 aromatic rings. The quantitative estimate of drug-likeness (QED) is 0.916. The normalized spacial score (nSPS) is 25.1. The van der Waals surface area contributed by atoms with Gasteiger partial charge in [-0.25, -0.2) is 4.63 Å². The zero-order valence-corrected chi connectivity index (χ0v) is 13.3. The predicted octanol–water partition coefficient (Wildman–Crippen LogP) is 2.39. The average Bonchev–Trinajstić information content (AvgIpc) is 2.99. The summed E-state index contributed by atoms with van der Waals surface area (Å²) in [5.41, 5.74) is 2.98. The van der Waals surface area contributed by atoms with Crippen LogP contribution in [0.15, 0.2) is 22.8 Å². The number of nitrogens with one attached hydrogen (secondary N) is 1. The number of aromatic nitrogens is 2. The van der Waals surface area contributed by atoms with Crippen molar-refractivity contribution in [3.63, 3.8) is 0 Å². The summed E-state index contributed by atoms with van der Waals surface area (Å²) in [7, 11) is 0. The van der Waals surface area contributed by atoms with Gasteiger partial charge in [0.1, 0.15) is 11.0 Å². The van der Waals surface area contributed by atoms with Crippen LogP contribution in [-0.2, 0) is 6.54 Å². The molecule has 21 heavy (non-hydrogen) atoms. The summed E-state index contributed by atoms with van der Waals surface area (Å²) in [6.07, 6.45) is 3.92. The molecule has 2 atom stereocenters. The van der Waals surface area contributed by atoms with Gasteiger partial charge in [-0.1, -0.05) is 12.1 Å². The smallest absolute Gasteiger partial charge is 0.139 e. The van der Waals surface area contributed by atoms with Gasteiger partial charge in [-0.15, -0.1) is 24.8 Å². The first-order valence-corrected chi connectivity index (χ1v) is 7.07. The van der Waals surface area contributed by atoms with Gasteiger partial charge in [0.2, 0.25) is 0 Å². The molecule has 2 bridgehead atoms. The Balaban J connectivity index is 0.000000807. The molecule has 0 aliphatic carbocycles. The van der Waals surface area contributed by atoms with E-state index in [1.165, 1.54) is 24.8 Å². The first-order chi connectivity index (χ1) is 9.38. The predicted molar refractivity (Wildman–Crippen MR) is 86.1 cm³/mol. The number of fused-ring (bicyclic) bond motifs is 3. The second-order valence-electron chi connectivity index (χ2n) is 5.71. The van der Waals surface area contributed by atoms with Gasteiger partial charge < -0.3 is 5.32 Å². The lowest BCUT2D eigenvalue weighted by Gasteiger charge is -2.23. The van der Waals surface area contributed by atoms with Crippen molar-refractivity contribution in [1.29, 1.82) is 0 Å². The van der Waals surface area contributed by atoms with Crippen LogP contribution in [0, 0.1) is 0 Å². The van der Waals surface area contributed by atoms with Crippen molar-refractivity contribution in [2.75, 3.05) is 13.1 Å². The van der Waals surface area contributed by atoms with E-state index in [0.29, 0.717) is 6.04 Å². The molecule has 1 N–H and O–H groups in total. The van der Waals surface area contributed by atoms with E-state index >= 15 is 0 Å². The number of rotatable bonds is 2. The van der Waals surface area contributed by atoms with Gasteiger partial charge in [0.15, 0.2) is 0 Å². The van der Waals surface area contributed by atoms with Crippen LogP contribution in [0.1, 0.15) is 24.8 Å². The Kier molecular flexibility index (Phi) is 5.43. The molecule has 2 aliphatic heterocycles. The fourth-order valence-corrected chi connectivity index (χ4v) is 3.39. The zero-order valence-electron chi connectivity index (χ0n) is 11.7. The van der Waals surface area contributed by atoms with Gasteiger partial charge in [-0.05, 0) is 41.2 Å². The van der Waals surface area contributed by atoms with E-state index in [9.17, 15) is 0 Å². The van der Waals surface area contributed by atoms with E-state index in [-0.39, 0.29) is 24.8 Å². The lowest BCUT2D eigenvalue weighted by atomic mass is 10.1. The van der Waals surface area contributed by atoms with Crippen LogP contribution in [0.2, 0.25) is 0 Å². The molecule has 3 heterocycles. The summed E-state index contributed by atoms with van der Waals surface area (Å²) in [6.45, 7) is 3.24. The van der Waals surface area contributed by atoms with Crippen LogP contribution < -0.4 is 5.32 Å². The van der Waals surface area contributed by atoms with Crippen LogP contribution in [0.4, 0.5) is 0 Å². The third kappa shape index (κ3) is 3.31. The van der Waals surface area contributed by atoms with Crippen molar-refractivity contribution >= 4 is 35.8 Å². The second-order valence-corrected chi connectivity index (χ2v) is 5.71. The largest absolute Gasteiger partial charge is 0.310 e. The molecule has 0 saturated carbocycles. The Bertz CT molecular complexity index is 591. The fraction of sp³-hybridized carbons (Fsp3) is 0.571. The third-order valence-corrected chi connectivity index (χ3v) is 4.37. The standard InChI is InChI=1S/C14H18N4O.2ClH/c1-2-10(14-13(3-1)16-19-17-14)8-18-7-6-11-4-5-12(9-18)15-11;;/h1-3,11-12,15H,4-9H2;2*1H/t11-,12+;;/m1../s1. The minimum absolute atomic E-state index is 0. The molecular formula is C14H20Cl2N4O. The highest BCUT2D eigenvalue weighted by atomic mass is 35.5. The van der Waals surface area contributed by atoms with E-state index in [0.717, 1.165) is 36.7 Å². The van der Waals surface area contributed by atoms with E-state index in [1.807, 2.05) is 12.1 Å². The molecule has 4 rings (SSSR count). The number of hydrogen-bond acceptors (Lipinski definition) is 5. The van der Waals surface area contributed by atoms with Gasteiger partial charge in [-0.2, -0.15) is 0 Å². The summed E-state index contributed by atoms with van der Waals surface area (Å²) < 4.78 is 4.84. The van der Waals surface area contributed by atoms with Crippen LogP contribution in [-0.4, -0.2) is 40.4 Å². The Morgan fingerprint density at radius 2 is 2.00 bits per heavy atom. The highest BCUT2D eigenvalue weighted by molar-refractivity contribution is 5.85. The van der Waals surface area contributed by atoms with Crippen molar-refractivity contribution in [2.24, 2.45) is 0 Å².